The molecular formula is C35H38IN3O4. The largest absolute Gasteiger partial charge is 0.494 e. The number of hydrogen-bond donors (Lipinski definition) is 0. The van der Waals surface area contributed by atoms with E-state index in [9.17, 15) is 4.79 Å². The molecule has 5 aromatic rings. The topological polar surface area (TPSA) is 79.4 Å². The van der Waals surface area contributed by atoms with Crippen LogP contribution >= 0.6 is 22.6 Å². The highest BCUT2D eigenvalue weighted by Gasteiger charge is 2.13. The summed E-state index contributed by atoms with van der Waals surface area (Å²) in [6, 6.07) is 25.0. The Bertz CT molecular complexity index is 1650. The molecule has 0 radical (unpaired) electrons. The van der Waals surface area contributed by atoms with Gasteiger partial charge in [0.2, 0.25) is 0 Å². The Kier molecular flexibility index (Phi) is 11.2. The van der Waals surface area contributed by atoms with Crippen molar-refractivity contribution in [3.8, 4) is 22.8 Å². The van der Waals surface area contributed by atoms with E-state index in [1.807, 2.05) is 53.2 Å². The van der Waals surface area contributed by atoms with Crippen LogP contribution in [0.4, 0.5) is 0 Å². The van der Waals surface area contributed by atoms with Gasteiger partial charge in [-0.1, -0.05) is 93.5 Å². The lowest BCUT2D eigenvalue weighted by molar-refractivity contribution is 0.304. The van der Waals surface area contributed by atoms with Crippen molar-refractivity contribution >= 4 is 33.6 Å². The van der Waals surface area contributed by atoms with E-state index in [0.717, 1.165) is 50.2 Å². The first-order valence-electron chi connectivity index (χ1n) is 15.2. The Morgan fingerprint density at radius 2 is 1.44 bits per heavy atom. The van der Waals surface area contributed by atoms with E-state index in [4.69, 9.17) is 13.9 Å². The van der Waals surface area contributed by atoms with Crippen molar-refractivity contribution in [3.63, 3.8) is 0 Å². The average Bonchev–Trinajstić information content (AvgIpc) is 3.39. The van der Waals surface area contributed by atoms with Crippen molar-refractivity contribution in [2.45, 2.75) is 71.4 Å². The van der Waals surface area contributed by atoms with E-state index in [2.05, 4.69) is 52.0 Å². The molecule has 0 bridgehead atoms. The third-order valence-corrected chi connectivity index (χ3v) is 8.49. The van der Waals surface area contributed by atoms with E-state index >= 15 is 0 Å². The van der Waals surface area contributed by atoms with Crippen LogP contribution in [0.1, 0.15) is 69.4 Å². The van der Waals surface area contributed by atoms with Gasteiger partial charge in [-0.2, -0.15) is 0 Å². The second-order valence-electron chi connectivity index (χ2n) is 10.8. The molecule has 0 atom stereocenters. The number of aromatic nitrogens is 3. The van der Waals surface area contributed by atoms with E-state index in [-0.39, 0.29) is 5.63 Å². The van der Waals surface area contributed by atoms with Gasteiger partial charge in [0.15, 0.2) is 0 Å². The highest BCUT2D eigenvalue weighted by Crippen LogP contribution is 2.25. The first-order chi connectivity index (χ1) is 21.1. The van der Waals surface area contributed by atoms with Gasteiger partial charge in [0.25, 0.3) is 0 Å². The molecule has 3 aromatic carbocycles. The van der Waals surface area contributed by atoms with Crippen molar-refractivity contribution in [3.05, 3.63) is 104 Å². The molecule has 0 N–H and O–H groups in total. The van der Waals surface area contributed by atoms with Gasteiger partial charge in [0.05, 0.1) is 13.2 Å². The van der Waals surface area contributed by atoms with Gasteiger partial charge in [-0.15, -0.1) is 5.10 Å². The van der Waals surface area contributed by atoms with Crippen molar-refractivity contribution in [2.24, 2.45) is 0 Å². The van der Waals surface area contributed by atoms with Crippen LogP contribution in [-0.2, 0) is 13.2 Å². The van der Waals surface area contributed by atoms with Crippen LogP contribution in [-0.4, -0.2) is 21.6 Å². The van der Waals surface area contributed by atoms with Crippen LogP contribution in [0.5, 0.6) is 11.5 Å². The van der Waals surface area contributed by atoms with E-state index in [1.54, 1.807) is 12.1 Å². The molecule has 2 aromatic heterocycles. The second-order valence-corrected chi connectivity index (χ2v) is 11.8. The molecule has 0 spiro atoms. The average molecular weight is 692 g/mol. The number of nitrogens with zero attached hydrogens (tertiary/aromatic N) is 3. The minimum absolute atomic E-state index is 0.376. The summed E-state index contributed by atoms with van der Waals surface area (Å²) in [5.74, 6) is 1.56. The number of fused-ring (bicyclic) bond motifs is 1. The number of hydrogen-bond acceptors (Lipinski definition) is 6. The fourth-order valence-electron chi connectivity index (χ4n) is 4.93. The molecule has 5 rings (SSSR count). The molecule has 0 fully saturated rings. The lowest BCUT2D eigenvalue weighted by atomic mass is 10.1. The number of unbranched alkanes of at least 4 members (excludes halogenated alkanes) is 7. The third-order valence-electron chi connectivity index (χ3n) is 7.42. The maximum atomic E-state index is 11.5. The van der Waals surface area contributed by atoms with Crippen molar-refractivity contribution < 1.29 is 13.9 Å². The van der Waals surface area contributed by atoms with Crippen molar-refractivity contribution in [1.29, 1.82) is 0 Å². The predicted octanol–water partition coefficient (Wildman–Crippen LogP) is 8.80. The molecule has 0 unspecified atom stereocenters. The van der Waals surface area contributed by atoms with Crippen LogP contribution < -0.4 is 15.1 Å². The van der Waals surface area contributed by atoms with Crippen LogP contribution in [0, 0.1) is 3.70 Å². The molecule has 0 aliphatic rings. The molecule has 0 amide bonds. The number of halogens is 1. The summed E-state index contributed by atoms with van der Waals surface area (Å²) < 4.78 is 20.0. The van der Waals surface area contributed by atoms with Crippen molar-refractivity contribution in [1.82, 2.24) is 15.0 Å². The molecule has 0 aliphatic heterocycles. The van der Waals surface area contributed by atoms with Gasteiger partial charge in [0.1, 0.15) is 33.1 Å². The summed E-state index contributed by atoms with van der Waals surface area (Å²) in [4.78, 5) is 11.5. The molecule has 2 heterocycles. The zero-order chi connectivity index (χ0) is 29.9. The van der Waals surface area contributed by atoms with Gasteiger partial charge >= 0.3 is 5.63 Å². The summed E-state index contributed by atoms with van der Waals surface area (Å²) in [5.41, 5.74) is 4.15. The Labute approximate surface area is 266 Å². The maximum Gasteiger partial charge on any atom is 0.336 e. The fraction of sp³-hybridized carbons (Fsp3) is 0.343. The molecule has 0 saturated heterocycles. The summed E-state index contributed by atoms with van der Waals surface area (Å²) in [6.07, 6.45) is 10.4. The number of ether oxygens (including phenoxy) is 2. The normalized spacial score (nSPS) is 11.2. The van der Waals surface area contributed by atoms with Gasteiger partial charge in [-0.05, 0) is 70.5 Å². The van der Waals surface area contributed by atoms with Crippen LogP contribution in [0.15, 0.2) is 88.1 Å². The molecule has 8 heteroatoms. The van der Waals surface area contributed by atoms with E-state index in [1.165, 1.54) is 51.0 Å². The number of rotatable bonds is 16. The van der Waals surface area contributed by atoms with Gasteiger partial charge in [0, 0.05) is 23.1 Å². The predicted molar refractivity (Wildman–Crippen MR) is 179 cm³/mol. The second kappa shape index (κ2) is 15.7. The number of benzene rings is 3. The first-order valence-corrected chi connectivity index (χ1v) is 16.2. The lowest BCUT2D eigenvalue weighted by Crippen LogP contribution is -2.04. The monoisotopic (exact) mass is 691 g/mol. The lowest BCUT2D eigenvalue weighted by Gasteiger charge is -2.08. The van der Waals surface area contributed by atoms with Gasteiger partial charge < -0.3 is 13.9 Å². The SMILES string of the molecule is CCCCCCCCCCOc1ccc(Cn2nnc(-c3ccc(COc4ccc5ccc(=O)oc5c4)cc3)c2I)cc1. The quantitative estimate of drug-likeness (QED) is 0.0585. The Balaban J connectivity index is 1.09. The highest BCUT2D eigenvalue weighted by molar-refractivity contribution is 14.1. The van der Waals surface area contributed by atoms with Crippen molar-refractivity contribution in [2.75, 3.05) is 6.61 Å². The van der Waals surface area contributed by atoms with E-state index < -0.39 is 0 Å². The highest BCUT2D eigenvalue weighted by atomic mass is 127. The smallest absolute Gasteiger partial charge is 0.336 e. The Hall–Kier alpha value is -3.66. The molecule has 0 saturated carbocycles. The maximum absolute atomic E-state index is 11.5. The molecule has 43 heavy (non-hydrogen) atoms. The third kappa shape index (κ3) is 8.92. The minimum atomic E-state index is -0.376. The molecule has 0 aliphatic carbocycles. The fourth-order valence-corrected chi connectivity index (χ4v) is 5.61. The van der Waals surface area contributed by atoms with Crippen LogP contribution in [0.25, 0.3) is 22.2 Å². The summed E-state index contributed by atoms with van der Waals surface area (Å²) >= 11 is 2.31. The van der Waals surface area contributed by atoms with E-state index in [0.29, 0.717) is 24.5 Å². The minimum Gasteiger partial charge on any atom is -0.494 e. The van der Waals surface area contributed by atoms with Gasteiger partial charge in [-0.3, -0.25) is 0 Å². The summed E-state index contributed by atoms with van der Waals surface area (Å²) in [6.45, 7) is 4.06. The summed E-state index contributed by atoms with van der Waals surface area (Å²) in [5, 5.41) is 9.73. The first kappa shape index (κ1) is 30.8. The van der Waals surface area contributed by atoms with Gasteiger partial charge in [-0.25, -0.2) is 9.48 Å². The van der Waals surface area contributed by atoms with Crippen LogP contribution in [0.3, 0.4) is 0 Å². The standard InChI is InChI=1S/C35H38IN3O4/c1-2-3-4-5-6-7-8-9-22-41-30-18-12-26(13-19-30)24-39-35(36)34(37-38-39)29-14-10-27(11-15-29)25-42-31-20-16-28-17-21-33(40)43-32(28)23-31/h10-21,23H,2-9,22,24-25H2,1H3. The molecule has 224 valence electrons. The zero-order valence-electron chi connectivity index (χ0n) is 24.6. The zero-order valence-corrected chi connectivity index (χ0v) is 26.8. The molecular weight excluding hydrogens is 653 g/mol. The molecule has 7 nitrogen and oxygen atoms in total. The van der Waals surface area contributed by atoms with Crippen LogP contribution in [0.2, 0.25) is 0 Å². The Morgan fingerprint density at radius 1 is 0.767 bits per heavy atom. The Morgan fingerprint density at radius 3 is 2.21 bits per heavy atom. The summed E-state index contributed by atoms with van der Waals surface area (Å²) in [7, 11) is 0.